The fraction of sp³-hybridized carbons (Fsp3) is 0.294. The lowest BCUT2D eigenvalue weighted by Gasteiger charge is -2.35. The summed E-state index contributed by atoms with van der Waals surface area (Å²) in [6.45, 7) is 4.68. The summed E-state index contributed by atoms with van der Waals surface area (Å²) < 4.78 is 15.1. The highest BCUT2D eigenvalue weighted by Gasteiger charge is 2.20. The van der Waals surface area contributed by atoms with Crippen LogP contribution in [-0.2, 0) is 6.54 Å². The molecule has 1 aromatic carbocycles. The standard InChI is InChI=1S/C17H16BrFN4S/c18-15-5-4-12(24-15)10-22-6-8-23(9-7-22)17-13-2-1-3-14(19)16(13)20-11-21-17/h1-5,11H,6-10H2. The van der Waals surface area contributed by atoms with Gasteiger partial charge >= 0.3 is 0 Å². The molecule has 1 aliphatic rings. The molecule has 0 aliphatic carbocycles. The van der Waals surface area contributed by atoms with Crippen molar-refractivity contribution in [1.82, 2.24) is 14.9 Å². The Morgan fingerprint density at radius 2 is 1.92 bits per heavy atom. The first-order valence-electron chi connectivity index (χ1n) is 7.81. The molecule has 0 N–H and O–H groups in total. The highest BCUT2D eigenvalue weighted by atomic mass is 79.9. The van der Waals surface area contributed by atoms with Gasteiger partial charge in [-0.15, -0.1) is 11.3 Å². The minimum Gasteiger partial charge on any atom is -0.353 e. The van der Waals surface area contributed by atoms with Crippen LogP contribution in [0, 0.1) is 5.82 Å². The van der Waals surface area contributed by atoms with E-state index in [0.717, 1.165) is 43.9 Å². The highest BCUT2D eigenvalue weighted by molar-refractivity contribution is 9.11. The van der Waals surface area contributed by atoms with Gasteiger partial charge in [0.1, 0.15) is 23.5 Å². The number of halogens is 2. The van der Waals surface area contributed by atoms with Crippen LogP contribution in [0.15, 0.2) is 40.4 Å². The molecule has 1 saturated heterocycles. The van der Waals surface area contributed by atoms with E-state index in [0.29, 0.717) is 5.52 Å². The Labute approximate surface area is 152 Å². The van der Waals surface area contributed by atoms with Crippen LogP contribution in [0.3, 0.4) is 0 Å². The fourth-order valence-electron chi connectivity index (χ4n) is 3.06. The van der Waals surface area contributed by atoms with Gasteiger partial charge in [0.05, 0.1) is 3.79 Å². The van der Waals surface area contributed by atoms with Crippen molar-refractivity contribution in [2.45, 2.75) is 6.54 Å². The summed E-state index contributed by atoms with van der Waals surface area (Å²) in [7, 11) is 0. The molecule has 0 spiro atoms. The van der Waals surface area contributed by atoms with E-state index >= 15 is 0 Å². The second-order valence-electron chi connectivity index (χ2n) is 5.80. The normalized spacial score (nSPS) is 16.0. The lowest BCUT2D eigenvalue weighted by Crippen LogP contribution is -2.46. The lowest BCUT2D eigenvalue weighted by molar-refractivity contribution is 0.251. The summed E-state index contributed by atoms with van der Waals surface area (Å²) >= 11 is 5.29. The number of piperazine rings is 1. The number of fused-ring (bicyclic) bond motifs is 1. The van der Waals surface area contributed by atoms with E-state index < -0.39 is 0 Å². The zero-order valence-electron chi connectivity index (χ0n) is 13.0. The van der Waals surface area contributed by atoms with Crippen LogP contribution < -0.4 is 4.90 Å². The molecule has 4 rings (SSSR count). The van der Waals surface area contributed by atoms with Crippen molar-refractivity contribution in [3.8, 4) is 0 Å². The number of para-hydroxylation sites is 1. The molecule has 2 aromatic heterocycles. The number of rotatable bonds is 3. The molecule has 3 aromatic rings. The molecule has 1 fully saturated rings. The first kappa shape index (κ1) is 15.9. The summed E-state index contributed by atoms with van der Waals surface area (Å²) in [5.41, 5.74) is 0.397. The number of thiophene rings is 1. The van der Waals surface area contributed by atoms with Crippen LogP contribution in [0.25, 0.3) is 10.9 Å². The van der Waals surface area contributed by atoms with Gasteiger partial charge in [0.15, 0.2) is 0 Å². The Balaban J connectivity index is 1.49. The predicted octanol–water partition coefficient (Wildman–Crippen LogP) is 3.92. The zero-order chi connectivity index (χ0) is 16.5. The molecule has 0 saturated carbocycles. The second kappa shape index (κ2) is 6.74. The average Bonchev–Trinajstić information content (AvgIpc) is 3.01. The van der Waals surface area contributed by atoms with Gasteiger partial charge in [-0.2, -0.15) is 0 Å². The molecule has 0 radical (unpaired) electrons. The topological polar surface area (TPSA) is 32.3 Å². The number of hydrogen-bond acceptors (Lipinski definition) is 5. The minimum atomic E-state index is -0.293. The van der Waals surface area contributed by atoms with Crippen molar-refractivity contribution < 1.29 is 4.39 Å². The van der Waals surface area contributed by atoms with Crippen molar-refractivity contribution in [3.63, 3.8) is 0 Å². The average molecular weight is 407 g/mol. The summed E-state index contributed by atoms with van der Waals surface area (Å²) in [5, 5.41) is 0.785. The van der Waals surface area contributed by atoms with E-state index in [1.54, 1.807) is 17.4 Å². The summed E-state index contributed by atoms with van der Waals surface area (Å²) in [4.78, 5) is 14.5. The largest absolute Gasteiger partial charge is 0.353 e. The van der Waals surface area contributed by atoms with E-state index in [1.165, 1.54) is 21.1 Å². The highest BCUT2D eigenvalue weighted by Crippen LogP contribution is 2.27. The predicted molar refractivity (Wildman–Crippen MR) is 99.0 cm³/mol. The third-order valence-electron chi connectivity index (χ3n) is 4.27. The van der Waals surface area contributed by atoms with Crippen LogP contribution in [0.1, 0.15) is 4.88 Å². The Morgan fingerprint density at radius 1 is 1.08 bits per heavy atom. The van der Waals surface area contributed by atoms with E-state index in [2.05, 4.69) is 47.8 Å². The summed E-state index contributed by atoms with van der Waals surface area (Å²) in [5.74, 6) is 0.538. The minimum absolute atomic E-state index is 0.293. The van der Waals surface area contributed by atoms with Gasteiger partial charge in [0.2, 0.25) is 0 Å². The number of hydrogen-bond donors (Lipinski definition) is 0. The summed E-state index contributed by atoms with van der Waals surface area (Å²) in [6.07, 6.45) is 1.45. The van der Waals surface area contributed by atoms with Gasteiger partial charge in [-0.05, 0) is 40.2 Å². The van der Waals surface area contributed by atoms with Gasteiger partial charge in [0, 0.05) is 43.0 Å². The third kappa shape index (κ3) is 3.16. The zero-order valence-corrected chi connectivity index (χ0v) is 15.4. The molecule has 24 heavy (non-hydrogen) atoms. The molecular formula is C17H16BrFN4S. The number of anilines is 1. The van der Waals surface area contributed by atoms with E-state index in [1.807, 2.05) is 6.07 Å². The number of benzene rings is 1. The van der Waals surface area contributed by atoms with E-state index in [4.69, 9.17) is 0 Å². The smallest absolute Gasteiger partial charge is 0.149 e. The molecule has 3 heterocycles. The van der Waals surface area contributed by atoms with Crippen molar-refractivity contribution in [3.05, 3.63) is 51.1 Å². The maximum Gasteiger partial charge on any atom is 0.149 e. The fourth-order valence-corrected chi connectivity index (χ4v) is 4.59. The van der Waals surface area contributed by atoms with Gasteiger partial charge < -0.3 is 4.90 Å². The number of nitrogens with zero attached hydrogens (tertiary/aromatic N) is 4. The van der Waals surface area contributed by atoms with Crippen LogP contribution in [-0.4, -0.2) is 41.0 Å². The molecule has 124 valence electrons. The molecule has 7 heteroatoms. The van der Waals surface area contributed by atoms with Gasteiger partial charge in [-0.1, -0.05) is 6.07 Å². The van der Waals surface area contributed by atoms with Crippen LogP contribution in [0.5, 0.6) is 0 Å². The lowest BCUT2D eigenvalue weighted by atomic mass is 10.2. The Bertz CT molecular complexity index is 861. The van der Waals surface area contributed by atoms with Gasteiger partial charge in [-0.25, -0.2) is 14.4 Å². The van der Waals surface area contributed by atoms with E-state index in [-0.39, 0.29) is 5.82 Å². The van der Waals surface area contributed by atoms with Crippen molar-refractivity contribution >= 4 is 44.0 Å². The van der Waals surface area contributed by atoms with Crippen molar-refractivity contribution in [1.29, 1.82) is 0 Å². The maximum atomic E-state index is 13.9. The Morgan fingerprint density at radius 3 is 2.67 bits per heavy atom. The summed E-state index contributed by atoms with van der Waals surface area (Å²) in [6, 6.07) is 9.31. The van der Waals surface area contributed by atoms with E-state index in [9.17, 15) is 4.39 Å². The van der Waals surface area contributed by atoms with Crippen molar-refractivity contribution in [2.75, 3.05) is 31.1 Å². The van der Waals surface area contributed by atoms with Crippen LogP contribution in [0.2, 0.25) is 0 Å². The molecule has 4 nitrogen and oxygen atoms in total. The van der Waals surface area contributed by atoms with Gasteiger partial charge in [0.25, 0.3) is 0 Å². The van der Waals surface area contributed by atoms with Gasteiger partial charge in [-0.3, -0.25) is 4.90 Å². The Hall–Kier alpha value is -1.57. The van der Waals surface area contributed by atoms with Crippen LogP contribution >= 0.6 is 27.3 Å². The second-order valence-corrected chi connectivity index (χ2v) is 8.35. The van der Waals surface area contributed by atoms with Crippen molar-refractivity contribution in [2.24, 2.45) is 0 Å². The molecule has 1 aliphatic heterocycles. The first-order valence-corrected chi connectivity index (χ1v) is 9.42. The third-order valence-corrected chi connectivity index (χ3v) is 5.88. The quantitative estimate of drug-likeness (QED) is 0.659. The Kier molecular flexibility index (Phi) is 4.47. The SMILES string of the molecule is Fc1cccc2c(N3CCN(Cc4ccc(Br)s4)CC3)ncnc12. The van der Waals surface area contributed by atoms with Crippen LogP contribution in [0.4, 0.5) is 10.2 Å². The molecule has 0 unspecified atom stereocenters. The maximum absolute atomic E-state index is 13.9. The molecule has 0 atom stereocenters. The monoisotopic (exact) mass is 406 g/mol. The molecule has 0 bridgehead atoms. The molecule has 0 amide bonds. The molecular weight excluding hydrogens is 391 g/mol. The number of aromatic nitrogens is 2. The first-order chi connectivity index (χ1) is 11.7.